The summed E-state index contributed by atoms with van der Waals surface area (Å²) in [5.41, 5.74) is 0.675. The number of fused-ring (bicyclic) bond motifs is 1. The first-order chi connectivity index (χ1) is 14.7. The fraction of sp³-hybridized carbons (Fsp3) is 0.429. The molecular weight excluding hydrogens is 408 g/mol. The molecule has 2 aromatic heterocycles. The SMILES string of the molecule is COc1cc2nc(Cl)nc(NCc3ccco3)c2cc1OCCCN1CCOCC1. The lowest BCUT2D eigenvalue weighted by Gasteiger charge is -2.26. The van der Waals surface area contributed by atoms with Crippen molar-refractivity contribution in [1.29, 1.82) is 0 Å². The topological polar surface area (TPSA) is 81.9 Å². The lowest BCUT2D eigenvalue weighted by molar-refractivity contribution is 0.0357. The zero-order valence-corrected chi connectivity index (χ0v) is 17.7. The number of anilines is 1. The van der Waals surface area contributed by atoms with Crippen molar-refractivity contribution in [2.45, 2.75) is 13.0 Å². The minimum Gasteiger partial charge on any atom is -0.493 e. The van der Waals surface area contributed by atoms with E-state index in [0.29, 0.717) is 36.0 Å². The molecule has 1 aliphatic heterocycles. The highest BCUT2D eigenvalue weighted by molar-refractivity contribution is 6.28. The molecule has 0 unspecified atom stereocenters. The van der Waals surface area contributed by atoms with E-state index in [1.807, 2.05) is 24.3 Å². The van der Waals surface area contributed by atoms with Crippen LogP contribution in [0.2, 0.25) is 5.28 Å². The molecule has 0 amide bonds. The zero-order chi connectivity index (χ0) is 20.8. The normalized spacial score (nSPS) is 14.7. The summed E-state index contributed by atoms with van der Waals surface area (Å²) >= 11 is 6.12. The van der Waals surface area contributed by atoms with Gasteiger partial charge in [0.05, 0.1) is 45.3 Å². The number of benzene rings is 1. The Labute approximate surface area is 180 Å². The summed E-state index contributed by atoms with van der Waals surface area (Å²) in [7, 11) is 1.61. The second kappa shape index (κ2) is 9.97. The van der Waals surface area contributed by atoms with E-state index in [0.717, 1.165) is 50.4 Å². The molecule has 1 fully saturated rings. The molecule has 3 aromatic rings. The summed E-state index contributed by atoms with van der Waals surface area (Å²) in [6.45, 7) is 5.60. The number of hydrogen-bond donors (Lipinski definition) is 1. The van der Waals surface area contributed by atoms with Crippen LogP contribution in [0.3, 0.4) is 0 Å². The van der Waals surface area contributed by atoms with Crippen LogP contribution in [0.25, 0.3) is 10.9 Å². The summed E-state index contributed by atoms with van der Waals surface area (Å²) in [6.07, 6.45) is 2.55. The molecule has 8 nitrogen and oxygen atoms in total. The highest BCUT2D eigenvalue weighted by Crippen LogP contribution is 2.35. The Morgan fingerprint density at radius 2 is 2.07 bits per heavy atom. The van der Waals surface area contributed by atoms with Crippen LogP contribution in [0.1, 0.15) is 12.2 Å². The number of rotatable bonds is 9. The molecule has 0 radical (unpaired) electrons. The van der Waals surface area contributed by atoms with E-state index in [1.165, 1.54) is 0 Å². The second-order valence-electron chi connectivity index (χ2n) is 6.95. The summed E-state index contributed by atoms with van der Waals surface area (Å²) in [5, 5.41) is 4.22. The maximum Gasteiger partial charge on any atom is 0.224 e. The summed E-state index contributed by atoms with van der Waals surface area (Å²) in [4.78, 5) is 11.1. The average molecular weight is 433 g/mol. The number of methoxy groups -OCH3 is 1. The van der Waals surface area contributed by atoms with E-state index in [2.05, 4.69) is 20.2 Å². The Morgan fingerprint density at radius 1 is 1.20 bits per heavy atom. The van der Waals surface area contributed by atoms with Gasteiger partial charge < -0.3 is 23.9 Å². The molecule has 0 saturated carbocycles. The van der Waals surface area contributed by atoms with E-state index in [9.17, 15) is 0 Å². The predicted molar refractivity (Wildman–Crippen MR) is 115 cm³/mol. The van der Waals surface area contributed by atoms with Gasteiger partial charge >= 0.3 is 0 Å². The largest absolute Gasteiger partial charge is 0.493 e. The average Bonchev–Trinajstić information content (AvgIpc) is 3.29. The number of aromatic nitrogens is 2. The number of ether oxygens (including phenoxy) is 3. The quantitative estimate of drug-likeness (QED) is 0.405. The zero-order valence-electron chi connectivity index (χ0n) is 16.9. The molecule has 0 bridgehead atoms. The van der Waals surface area contributed by atoms with E-state index in [1.54, 1.807) is 13.4 Å². The van der Waals surface area contributed by atoms with Crippen LogP contribution in [0.15, 0.2) is 34.9 Å². The van der Waals surface area contributed by atoms with Crippen molar-refractivity contribution in [3.63, 3.8) is 0 Å². The molecule has 4 rings (SSSR count). The fourth-order valence-electron chi connectivity index (χ4n) is 3.39. The van der Waals surface area contributed by atoms with E-state index < -0.39 is 0 Å². The van der Waals surface area contributed by atoms with Crippen LogP contribution >= 0.6 is 11.6 Å². The minimum atomic E-state index is 0.158. The van der Waals surface area contributed by atoms with Crippen LogP contribution in [0, 0.1) is 0 Å². The van der Waals surface area contributed by atoms with E-state index in [4.69, 9.17) is 30.2 Å². The first-order valence-electron chi connectivity index (χ1n) is 9.97. The van der Waals surface area contributed by atoms with Gasteiger partial charge in [0, 0.05) is 31.1 Å². The van der Waals surface area contributed by atoms with Gasteiger partial charge in [-0.1, -0.05) is 0 Å². The van der Waals surface area contributed by atoms with E-state index >= 15 is 0 Å². The summed E-state index contributed by atoms with van der Waals surface area (Å²) in [6, 6.07) is 7.45. The van der Waals surface area contributed by atoms with Gasteiger partial charge in [-0.3, -0.25) is 4.90 Å². The Bertz CT molecular complexity index is 961. The summed E-state index contributed by atoms with van der Waals surface area (Å²) < 4.78 is 22.3. The molecule has 1 aromatic carbocycles. The van der Waals surface area contributed by atoms with Crippen molar-refractivity contribution in [1.82, 2.24) is 14.9 Å². The highest BCUT2D eigenvalue weighted by Gasteiger charge is 2.14. The van der Waals surface area contributed by atoms with Gasteiger partial charge in [-0.2, -0.15) is 0 Å². The smallest absolute Gasteiger partial charge is 0.224 e. The molecular formula is C21H25ClN4O4. The number of morpholine rings is 1. The molecule has 0 aliphatic carbocycles. The number of nitrogens with zero attached hydrogens (tertiary/aromatic N) is 3. The van der Waals surface area contributed by atoms with Crippen molar-refractivity contribution in [3.8, 4) is 11.5 Å². The summed E-state index contributed by atoms with van der Waals surface area (Å²) in [5.74, 6) is 2.67. The maximum absolute atomic E-state index is 6.12. The third-order valence-corrected chi connectivity index (χ3v) is 5.11. The number of nitrogens with one attached hydrogen (secondary N) is 1. The molecule has 9 heteroatoms. The molecule has 1 aliphatic rings. The van der Waals surface area contributed by atoms with Crippen molar-refractivity contribution < 1.29 is 18.6 Å². The van der Waals surface area contributed by atoms with Gasteiger partial charge in [0.25, 0.3) is 0 Å². The molecule has 1 saturated heterocycles. The maximum atomic E-state index is 6.12. The van der Waals surface area contributed by atoms with Gasteiger partial charge in [0.2, 0.25) is 5.28 Å². The van der Waals surface area contributed by atoms with Crippen molar-refractivity contribution in [3.05, 3.63) is 41.6 Å². The number of furan rings is 1. The molecule has 0 atom stereocenters. The van der Waals surface area contributed by atoms with Crippen LogP contribution in [0.5, 0.6) is 11.5 Å². The molecule has 30 heavy (non-hydrogen) atoms. The Kier molecular flexibility index (Phi) is 6.88. The Morgan fingerprint density at radius 3 is 2.83 bits per heavy atom. The van der Waals surface area contributed by atoms with Gasteiger partial charge in [-0.25, -0.2) is 9.97 Å². The minimum absolute atomic E-state index is 0.158. The Balaban J connectivity index is 1.48. The van der Waals surface area contributed by atoms with Gasteiger partial charge in [0.15, 0.2) is 11.5 Å². The van der Waals surface area contributed by atoms with Gasteiger partial charge in [0.1, 0.15) is 11.6 Å². The van der Waals surface area contributed by atoms with Crippen molar-refractivity contribution in [2.24, 2.45) is 0 Å². The fourth-order valence-corrected chi connectivity index (χ4v) is 3.57. The van der Waals surface area contributed by atoms with Crippen LogP contribution in [-0.4, -0.2) is 61.4 Å². The standard InChI is InChI=1S/C21H25ClN4O4/c1-27-18-13-17-16(12-19(18)30-9-3-5-26-6-10-28-11-7-26)20(25-21(22)24-17)23-14-15-4-2-8-29-15/h2,4,8,12-13H,3,5-7,9-11,14H2,1H3,(H,23,24,25). The number of halogens is 1. The third-order valence-electron chi connectivity index (χ3n) is 4.94. The van der Waals surface area contributed by atoms with Gasteiger partial charge in [-0.15, -0.1) is 0 Å². The number of hydrogen-bond acceptors (Lipinski definition) is 8. The van der Waals surface area contributed by atoms with Crippen LogP contribution < -0.4 is 14.8 Å². The van der Waals surface area contributed by atoms with Gasteiger partial charge in [-0.05, 0) is 36.2 Å². The first-order valence-corrected chi connectivity index (χ1v) is 10.3. The van der Waals surface area contributed by atoms with Crippen molar-refractivity contribution >= 4 is 28.3 Å². The predicted octanol–water partition coefficient (Wildman–Crippen LogP) is 3.60. The molecule has 3 heterocycles. The van der Waals surface area contributed by atoms with Crippen molar-refractivity contribution in [2.75, 3.05) is 51.9 Å². The van der Waals surface area contributed by atoms with Crippen LogP contribution in [0.4, 0.5) is 5.82 Å². The first kappa shape index (κ1) is 20.7. The highest BCUT2D eigenvalue weighted by atomic mass is 35.5. The molecule has 1 N–H and O–H groups in total. The van der Waals surface area contributed by atoms with E-state index in [-0.39, 0.29) is 5.28 Å². The lowest BCUT2D eigenvalue weighted by Crippen LogP contribution is -2.37. The monoisotopic (exact) mass is 432 g/mol. The van der Waals surface area contributed by atoms with Crippen LogP contribution in [-0.2, 0) is 11.3 Å². The molecule has 160 valence electrons. The second-order valence-corrected chi connectivity index (χ2v) is 7.29. The lowest BCUT2D eigenvalue weighted by atomic mass is 10.2. The Hall–Kier alpha value is -2.55. The molecule has 0 spiro atoms. The third kappa shape index (κ3) is 5.13.